The number of carbonyl (C=O) groups is 2. The van der Waals surface area contributed by atoms with Gasteiger partial charge >= 0.3 is 6.18 Å². The Balaban J connectivity index is 0.00000441. The average molecular weight is 558 g/mol. The molecule has 212 valence electrons. The molecule has 4 rings (SSSR count). The highest BCUT2D eigenvalue weighted by atomic mass is 19.4. The number of carbonyl (C=O) groups excluding carboxylic acids is 2. The zero-order valence-electron chi connectivity index (χ0n) is 21.4. The molecule has 7 nitrogen and oxygen atoms in total. The first-order valence-corrected chi connectivity index (χ1v) is 12.5. The Bertz CT molecular complexity index is 1410. The number of nitrogens with zero attached hydrogens (tertiary/aromatic N) is 4. The van der Waals surface area contributed by atoms with Crippen LogP contribution in [0.4, 0.5) is 17.6 Å². The maximum absolute atomic E-state index is 13.8. The van der Waals surface area contributed by atoms with Gasteiger partial charge in [0, 0.05) is 37.8 Å². The molecule has 0 unspecified atom stereocenters. The van der Waals surface area contributed by atoms with Gasteiger partial charge in [-0.3, -0.25) is 9.59 Å². The van der Waals surface area contributed by atoms with Crippen molar-refractivity contribution in [2.24, 2.45) is 0 Å². The number of aromatic nitrogens is 2. The highest BCUT2D eigenvalue weighted by Crippen LogP contribution is 2.40. The molecule has 1 heterocycles. The molecule has 0 radical (unpaired) electrons. The van der Waals surface area contributed by atoms with Crippen LogP contribution in [-0.2, 0) is 22.2 Å². The van der Waals surface area contributed by atoms with Crippen LogP contribution in [0.3, 0.4) is 0 Å². The van der Waals surface area contributed by atoms with Crippen molar-refractivity contribution in [1.29, 1.82) is 5.26 Å². The SMILES string of the molecule is C.CC(=O)NCCN(C(=O)Cc1ccc(F)c(C(F)(F)F)c1)[C@H](C)c1nc(C2CC2)cn1-c1ccc(C#N)cc1. The van der Waals surface area contributed by atoms with Crippen LogP contribution in [0, 0.1) is 17.1 Å². The molecule has 2 amide bonds. The molecule has 1 fully saturated rings. The van der Waals surface area contributed by atoms with E-state index in [1.165, 1.54) is 11.8 Å². The van der Waals surface area contributed by atoms with Crippen LogP contribution in [0.5, 0.6) is 0 Å². The van der Waals surface area contributed by atoms with Crippen molar-refractivity contribution >= 4 is 11.8 Å². The Hall–Kier alpha value is -4.20. The summed E-state index contributed by atoms with van der Waals surface area (Å²) in [7, 11) is 0. The summed E-state index contributed by atoms with van der Waals surface area (Å²) >= 11 is 0. The van der Waals surface area contributed by atoms with Gasteiger partial charge in [0.1, 0.15) is 11.6 Å². The quantitative estimate of drug-likeness (QED) is 0.343. The third kappa shape index (κ3) is 7.05. The van der Waals surface area contributed by atoms with Gasteiger partial charge in [-0.2, -0.15) is 18.4 Å². The second-order valence-electron chi connectivity index (χ2n) is 9.56. The first kappa shape index (κ1) is 30.3. The molecule has 2 aromatic carbocycles. The van der Waals surface area contributed by atoms with Gasteiger partial charge in [-0.15, -0.1) is 0 Å². The van der Waals surface area contributed by atoms with Crippen molar-refractivity contribution in [3.05, 3.63) is 82.7 Å². The van der Waals surface area contributed by atoms with Crippen molar-refractivity contribution < 1.29 is 27.2 Å². The van der Waals surface area contributed by atoms with Crippen molar-refractivity contribution in [2.75, 3.05) is 13.1 Å². The van der Waals surface area contributed by atoms with Crippen LogP contribution in [0.1, 0.15) is 74.3 Å². The minimum absolute atomic E-state index is 0. The van der Waals surface area contributed by atoms with Crippen LogP contribution >= 0.6 is 0 Å². The highest BCUT2D eigenvalue weighted by molar-refractivity contribution is 5.79. The fourth-order valence-corrected chi connectivity index (χ4v) is 4.39. The zero-order chi connectivity index (χ0) is 28.3. The molecule has 0 bridgehead atoms. The maximum atomic E-state index is 13.8. The fourth-order valence-electron chi connectivity index (χ4n) is 4.39. The lowest BCUT2D eigenvalue weighted by molar-refractivity contribution is -0.140. The molecule has 0 spiro atoms. The summed E-state index contributed by atoms with van der Waals surface area (Å²) in [5, 5.41) is 11.8. The number of imidazole rings is 1. The van der Waals surface area contributed by atoms with E-state index in [-0.39, 0.29) is 32.0 Å². The maximum Gasteiger partial charge on any atom is 0.419 e. The summed E-state index contributed by atoms with van der Waals surface area (Å²) in [5.41, 5.74) is 0.665. The van der Waals surface area contributed by atoms with E-state index in [9.17, 15) is 27.2 Å². The second-order valence-corrected chi connectivity index (χ2v) is 9.56. The van der Waals surface area contributed by atoms with Crippen molar-refractivity contribution in [3.63, 3.8) is 0 Å². The van der Waals surface area contributed by atoms with Gasteiger partial charge in [0.05, 0.1) is 35.4 Å². The van der Waals surface area contributed by atoms with Gasteiger partial charge in [-0.1, -0.05) is 13.5 Å². The van der Waals surface area contributed by atoms with Crippen LogP contribution in [0.2, 0.25) is 0 Å². The summed E-state index contributed by atoms with van der Waals surface area (Å²) in [6.07, 6.45) is -1.41. The van der Waals surface area contributed by atoms with E-state index in [0.29, 0.717) is 29.4 Å². The van der Waals surface area contributed by atoms with Gasteiger partial charge in [-0.25, -0.2) is 9.37 Å². The van der Waals surface area contributed by atoms with Crippen molar-refractivity contribution in [1.82, 2.24) is 19.8 Å². The lowest BCUT2D eigenvalue weighted by atomic mass is 10.1. The van der Waals surface area contributed by atoms with E-state index in [1.54, 1.807) is 31.2 Å². The predicted octanol–water partition coefficient (Wildman–Crippen LogP) is 5.68. The Morgan fingerprint density at radius 1 is 1.20 bits per heavy atom. The van der Waals surface area contributed by atoms with Gasteiger partial charge in [0.25, 0.3) is 0 Å². The molecule has 0 aliphatic heterocycles. The number of rotatable bonds is 9. The molecule has 1 aromatic heterocycles. The van der Waals surface area contributed by atoms with E-state index < -0.39 is 35.9 Å². The lowest BCUT2D eigenvalue weighted by Crippen LogP contribution is -2.41. The summed E-state index contributed by atoms with van der Waals surface area (Å²) < 4.78 is 55.4. The first-order chi connectivity index (χ1) is 18.5. The van der Waals surface area contributed by atoms with Crippen LogP contribution in [0.25, 0.3) is 5.69 Å². The molecule has 1 N–H and O–H groups in total. The number of hydrogen-bond donors (Lipinski definition) is 1. The molecular formula is C29H31F4N5O2. The molecule has 40 heavy (non-hydrogen) atoms. The highest BCUT2D eigenvalue weighted by Gasteiger charge is 2.35. The Labute approximate surface area is 230 Å². The molecule has 0 saturated heterocycles. The first-order valence-electron chi connectivity index (χ1n) is 12.5. The van der Waals surface area contributed by atoms with E-state index in [1.807, 2.05) is 10.8 Å². The average Bonchev–Trinajstić information content (AvgIpc) is 3.64. The number of amides is 2. The topological polar surface area (TPSA) is 91.0 Å². The smallest absolute Gasteiger partial charge is 0.355 e. The third-order valence-corrected chi connectivity index (χ3v) is 6.60. The van der Waals surface area contributed by atoms with Gasteiger partial charge < -0.3 is 14.8 Å². The number of benzene rings is 2. The van der Waals surface area contributed by atoms with Crippen molar-refractivity contribution in [2.45, 2.75) is 58.7 Å². The molecule has 1 aliphatic rings. The molecule has 1 aliphatic carbocycles. The molecule has 11 heteroatoms. The van der Waals surface area contributed by atoms with Crippen LogP contribution < -0.4 is 5.32 Å². The Morgan fingerprint density at radius 2 is 1.88 bits per heavy atom. The zero-order valence-corrected chi connectivity index (χ0v) is 21.4. The van der Waals surface area contributed by atoms with Crippen molar-refractivity contribution in [3.8, 4) is 11.8 Å². The summed E-state index contributed by atoms with van der Waals surface area (Å²) in [6.45, 7) is 3.30. The normalized spacial score (nSPS) is 13.6. The number of hydrogen-bond acceptors (Lipinski definition) is 4. The molecule has 3 aromatic rings. The Kier molecular flexibility index (Phi) is 9.35. The van der Waals surface area contributed by atoms with E-state index in [4.69, 9.17) is 10.2 Å². The van der Waals surface area contributed by atoms with Gasteiger partial charge in [0.15, 0.2) is 0 Å². The second kappa shape index (κ2) is 12.3. The van der Waals surface area contributed by atoms with Gasteiger partial charge in [-0.05, 0) is 61.7 Å². The summed E-state index contributed by atoms with van der Waals surface area (Å²) in [4.78, 5) is 31.2. The van der Waals surface area contributed by atoms with Crippen LogP contribution in [-0.4, -0.2) is 39.4 Å². The van der Waals surface area contributed by atoms with E-state index in [0.717, 1.165) is 30.3 Å². The summed E-state index contributed by atoms with van der Waals surface area (Å²) in [5.74, 6) is -1.37. The number of alkyl halides is 3. The number of halogens is 4. The van der Waals surface area contributed by atoms with E-state index >= 15 is 0 Å². The largest absolute Gasteiger partial charge is 0.419 e. The predicted molar refractivity (Wildman–Crippen MR) is 141 cm³/mol. The number of nitriles is 1. The summed E-state index contributed by atoms with van der Waals surface area (Å²) in [6, 6.07) is 10.8. The molecule has 1 saturated carbocycles. The van der Waals surface area contributed by atoms with Gasteiger partial charge in [0.2, 0.25) is 11.8 Å². The fraction of sp³-hybridized carbons (Fsp3) is 0.379. The minimum atomic E-state index is -4.90. The standard InChI is InChI=1S/C28H27F4N5O2.CH4/c1-17(27-35-25(21-6-7-21)16-37(27)22-8-3-19(15-33)4-9-22)36(12-11-34-18(2)38)26(39)14-20-5-10-24(29)23(13-20)28(30,31)32;/h3-5,8-10,13,16-17,21H,6-7,11-12,14H2,1-2H3,(H,34,38);1H4/t17-;/m1./s1. The Morgan fingerprint density at radius 3 is 2.45 bits per heavy atom. The molecule has 1 atom stereocenters. The molecular weight excluding hydrogens is 526 g/mol. The minimum Gasteiger partial charge on any atom is -0.355 e. The monoisotopic (exact) mass is 557 g/mol. The van der Waals surface area contributed by atoms with E-state index in [2.05, 4.69) is 11.4 Å². The van der Waals surface area contributed by atoms with Crippen LogP contribution in [0.15, 0.2) is 48.7 Å². The third-order valence-electron chi connectivity index (χ3n) is 6.60. The number of nitrogens with one attached hydrogen (secondary N) is 1. The lowest BCUT2D eigenvalue weighted by Gasteiger charge is -2.30.